The SMILES string of the molecule is N#Cc1ccc(C2C3C(=O)c4ccccc4C2C(=O)c2ccccc23)cc1. The maximum atomic E-state index is 13.4. The van der Waals surface area contributed by atoms with E-state index in [2.05, 4.69) is 6.07 Å². The van der Waals surface area contributed by atoms with E-state index in [9.17, 15) is 9.59 Å². The number of hydrogen-bond donors (Lipinski definition) is 0. The van der Waals surface area contributed by atoms with Gasteiger partial charge in [-0.3, -0.25) is 9.59 Å². The molecule has 3 aromatic rings. The van der Waals surface area contributed by atoms with E-state index in [0.717, 1.165) is 16.7 Å². The lowest BCUT2D eigenvalue weighted by molar-refractivity contribution is 0.0852. The van der Waals surface area contributed by atoms with Crippen LogP contribution in [0.3, 0.4) is 0 Å². The molecule has 0 saturated heterocycles. The zero-order valence-electron chi connectivity index (χ0n) is 14.4. The van der Waals surface area contributed by atoms with Crippen molar-refractivity contribution in [2.24, 2.45) is 0 Å². The molecule has 0 spiro atoms. The van der Waals surface area contributed by atoms with E-state index in [0.29, 0.717) is 16.7 Å². The highest BCUT2D eigenvalue weighted by molar-refractivity contribution is 6.15. The van der Waals surface area contributed by atoms with E-state index >= 15 is 0 Å². The molecular weight excluding hydrogens is 334 g/mol. The highest BCUT2D eigenvalue weighted by Crippen LogP contribution is 2.55. The summed E-state index contributed by atoms with van der Waals surface area (Å²) < 4.78 is 0. The van der Waals surface area contributed by atoms with E-state index in [1.54, 1.807) is 12.1 Å². The number of hydrogen-bond acceptors (Lipinski definition) is 3. The Kier molecular flexibility index (Phi) is 3.35. The van der Waals surface area contributed by atoms with Crippen LogP contribution in [0.4, 0.5) is 0 Å². The first kappa shape index (κ1) is 15.7. The molecule has 2 unspecified atom stereocenters. The van der Waals surface area contributed by atoms with Crippen LogP contribution in [0.25, 0.3) is 0 Å². The van der Waals surface area contributed by atoms with Crippen molar-refractivity contribution in [2.45, 2.75) is 17.8 Å². The van der Waals surface area contributed by atoms with Crippen LogP contribution in [-0.2, 0) is 0 Å². The minimum atomic E-state index is -0.383. The first-order valence-corrected chi connectivity index (χ1v) is 8.97. The van der Waals surface area contributed by atoms with Crippen LogP contribution in [-0.4, -0.2) is 11.6 Å². The Bertz CT molecular complexity index is 1070. The molecule has 3 heteroatoms. The van der Waals surface area contributed by atoms with Crippen molar-refractivity contribution >= 4 is 11.6 Å². The summed E-state index contributed by atoms with van der Waals surface area (Å²) in [4.78, 5) is 26.9. The predicted molar refractivity (Wildman–Crippen MR) is 101 cm³/mol. The third kappa shape index (κ3) is 2.14. The smallest absolute Gasteiger partial charge is 0.171 e. The van der Waals surface area contributed by atoms with Gasteiger partial charge in [0.1, 0.15) is 0 Å². The number of fused-ring (bicyclic) bond motifs is 6. The van der Waals surface area contributed by atoms with E-state index in [-0.39, 0.29) is 29.3 Å². The molecule has 0 radical (unpaired) electrons. The molecule has 2 atom stereocenters. The monoisotopic (exact) mass is 349 g/mol. The second-order valence-electron chi connectivity index (χ2n) is 7.12. The molecule has 0 aliphatic heterocycles. The Balaban J connectivity index is 1.80. The standard InChI is InChI=1S/C24H15NO2/c25-13-14-9-11-15(12-10-14)20-21-16-5-1-3-7-18(16)23(26)22(20)17-6-2-4-8-19(17)24(21)27/h1-12,20-22H. The van der Waals surface area contributed by atoms with Gasteiger partial charge in [0.2, 0.25) is 0 Å². The molecule has 128 valence electrons. The van der Waals surface area contributed by atoms with Crippen LogP contribution in [0, 0.1) is 11.3 Å². The number of carbonyl (C=O) groups excluding carboxylic acids is 2. The third-order valence-electron chi connectivity index (χ3n) is 5.83. The minimum Gasteiger partial charge on any atom is -0.293 e. The lowest BCUT2D eigenvalue weighted by Gasteiger charge is -2.42. The van der Waals surface area contributed by atoms with Gasteiger partial charge < -0.3 is 0 Å². The summed E-state index contributed by atoms with van der Waals surface area (Å²) in [6.45, 7) is 0. The molecule has 2 aliphatic carbocycles. The summed E-state index contributed by atoms with van der Waals surface area (Å²) in [6.07, 6.45) is 0. The van der Waals surface area contributed by atoms with Gasteiger partial charge in [0, 0.05) is 17.0 Å². The van der Waals surface area contributed by atoms with Gasteiger partial charge in [0.25, 0.3) is 0 Å². The number of ketones is 2. The van der Waals surface area contributed by atoms with Crippen LogP contribution in [0.1, 0.15) is 60.7 Å². The number of Topliss-reactive ketones (excluding diaryl/α,β-unsaturated/α-hetero) is 2. The molecule has 2 bridgehead atoms. The Hall–Kier alpha value is -3.51. The normalized spacial score (nSPS) is 22.6. The summed E-state index contributed by atoms with van der Waals surface area (Å²) >= 11 is 0. The number of carbonyl (C=O) groups is 2. The average Bonchev–Trinajstić information content (AvgIpc) is 2.73. The van der Waals surface area contributed by atoms with E-state index < -0.39 is 0 Å². The summed E-state index contributed by atoms with van der Waals surface area (Å²) in [7, 11) is 0. The van der Waals surface area contributed by atoms with Crippen LogP contribution in [0.15, 0.2) is 72.8 Å². The molecule has 0 saturated carbocycles. The van der Waals surface area contributed by atoms with Crippen molar-refractivity contribution in [1.82, 2.24) is 0 Å². The fourth-order valence-corrected chi connectivity index (χ4v) is 4.67. The molecule has 27 heavy (non-hydrogen) atoms. The molecule has 2 aliphatic rings. The summed E-state index contributed by atoms with van der Waals surface area (Å²) in [5.74, 6) is -0.881. The third-order valence-corrected chi connectivity index (χ3v) is 5.83. The largest absolute Gasteiger partial charge is 0.293 e. The van der Waals surface area contributed by atoms with Crippen molar-refractivity contribution in [1.29, 1.82) is 5.26 Å². The first-order valence-electron chi connectivity index (χ1n) is 8.97. The van der Waals surface area contributed by atoms with E-state index in [1.807, 2.05) is 60.7 Å². The van der Waals surface area contributed by atoms with Gasteiger partial charge in [-0.05, 0) is 28.8 Å². The van der Waals surface area contributed by atoms with Crippen LogP contribution in [0.5, 0.6) is 0 Å². The summed E-state index contributed by atoms with van der Waals surface area (Å²) in [5.41, 5.74) is 4.42. The highest BCUT2D eigenvalue weighted by Gasteiger charge is 2.51. The molecular formula is C24H15NO2. The molecule has 0 amide bonds. The Morgan fingerprint density at radius 2 is 1.15 bits per heavy atom. The summed E-state index contributed by atoms with van der Waals surface area (Å²) in [5, 5.41) is 9.09. The zero-order chi connectivity index (χ0) is 18.5. The first-order chi connectivity index (χ1) is 13.2. The van der Waals surface area contributed by atoms with Crippen molar-refractivity contribution in [2.75, 3.05) is 0 Å². The molecule has 0 N–H and O–H groups in total. The van der Waals surface area contributed by atoms with Crippen molar-refractivity contribution in [3.05, 3.63) is 106 Å². The maximum absolute atomic E-state index is 13.4. The number of rotatable bonds is 1. The Morgan fingerprint density at radius 1 is 0.667 bits per heavy atom. The quantitative estimate of drug-likeness (QED) is 0.645. The van der Waals surface area contributed by atoms with Gasteiger partial charge in [0.15, 0.2) is 11.6 Å². The van der Waals surface area contributed by atoms with Crippen LogP contribution < -0.4 is 0 Å². The maximum Gasteiger partial charge on any atom is 0.171 e. The number of nitrogens with zero attached hydrogens (tertiary/aromatic N) is 1. The van der Waals surface area contributed by atoms with Gasteiger partial charge in [-0.15, -0.1) is 0 Å². The van der Waals surface area contributed by atoms with E-state index in [4.69, 9.17) is 5.26 Å². The van der Waals surface area contributed by atoms with Crippen molar-refractivity contribution < 1.29 is 9.59 Å². The minimum absolute atomic E-state index is 0.0659. The van der Waals surface area contributed by atoms with Gasteiger partial charge in [0.05, 0.1) is 23.5 Å². The second kappa shape index (κ2) is 5.75. The fraction of sp³-hybridized carbons (Fsp3) is 0.125. The molecule has 0 fully saturated rings. The second-order valence-corrected chi connectivity index (χ2v) is 7.12. The molecule has 5 rings (SSSR count). The van der Waals surface area contributed by atoms with Gasteiger partial charge >= 0.3 is 0 Å². The van der Waals surface area contributed by atoms with Gasteiger partial charge in [-0.2, -0.15) is 5.26 Å². The predicted octanol–water partition coefficient (Wildman–Crippen LogP) is 4.60. The highest BCUT2D eigenvalue weighted by atomic mass is 16.1. The summed E-state index contributed by atoms with van der Waals surface area (Å²) in [6, 6.07) is 24.3. The lowest BCUT2D eigenvalue weighted by atomic mass is 9.57. The fourth-order valence-electron chi connectivity index (χ4n) is 4.67. The molecule has 3 aromatic carbocycles. The topological polar surface area (TPSA) is 57.9 Å². The van der Waals surface area contributed by atoms with Crippen molar-refractivity contribution in [3.63, 3.8) is 0 Å². The average molecular weight is 349 g/mol. The lowest BCUT2D eigenvalue weighted by Crippen LogP contribution is -2.40. The molecule has 3 nitrogen and oxygen atoms in total. The van der Waals surface area contributed by atoms with E-state index in [1.165, 1.54) is 0 Å². The van der Waals surface area contributed by atoms with Crippen molar-refractivity contribution in [3.8, 4) is 6.07 Å². The van der Waals surface area contributed by atoms with Gasteiger partial charge in [-0.1, -0.05) is 60.7 Å². The molecule has 0 aromatic heterocycles. The van der Waals surface area contributed by atoms with Crippen LogP contribution in [0.2, 0.25) is 0 Å². The zero-order valence-corrected chi connectivity index (χ0v) is 14.4. The van der Waals surface area contributed by atoms with Crippen LogP contribution >= 0.6 is 0 Å². The molecule has 0 heterocycles. The Labute approximate surface area is 156 Å². The number of nitriles is 1. The number of benzene rings is 3. The van der Waals surface area contributed by atoms with Gasteiger partial charge in [-0.25, -0.2) is 0 Å². The Morgan fingerprint density at radius 3 is 1.63 bits per heavy atom.